The van der Waals surface area contributed by atoms with Crippen molar-refractivity contribution in [2.24, 2.45) is 0 Å². The Kier molecular flexibility index (Phi) is 2.54. The van der Waals surface area contributed by atoms with E-state index >= 15 is 0 Å². The Labute approximate surface area is 87.4 Å². The van der Waals surface area contributed by atoms with Gasteiger partial charge in [-0.1, -0.05) is 12.1 Å². The van der Waals surface area contributed by atoms with Crippen LogP contribution in [0.3, 0.4) is 0 Å². The van der Waals surface area contributed by atoms with E-state index in [1.54, 1.807) is 12.1 Å². The van der Waals surface area contributed by atoms with Crippen LogP contribution >= 0.6 is 0 Å². The predicted molar refractivity (Wildman–Crippen MR) is 54.6 cm³/mol. The molecule has 78 valence electrons. The molecule has 0 atom stereocenters. The molecule has 0 spiro atoms. The third kappa shape index (κ3) is 1.77. The maximum Gasteiger partial charge on any atom is 0.167 e. The first-order valence-electron chi connectivity index (χ1n) is 4.78. The van der Waals surface area contributed by atoms with Crippen molar-refractivity contribution in [3.8, 4) is 0 Å². The summed E-state index contributed by atoms with van der Waals surface area (Å²) < 4.78 is 18.1. The second-order valence-electron chi connectivity index (χ2n) is 3.44. The fraction of sp³-hybridized carbons (Fsp3) is 0.250. The average molecular weight is 206 g/mol. The zero-order chi connectivity index (χ0) is 10.8. The molecule has 0 amide bonds. The van der Waals surface area contributed by atoms with Crippen LogP contribution in [0.15, 0.2) is 30.0 Å². The van der Waals surface area contributed by atoms with Crippen molar-refractivity contribution in [2.75, 3.05) is 7.11 Å². The van der Waals surface area contributed by atoms with Gasteiger partial charge in [-0.05, 0) is 17.7 Å². The molecule has 1 aliphatic rings. The molecule has 0 N–H and O–H groups in total. The molecule has 0 aliphatic heterocycles. The summed E-state index contributed by atoms with van der Waals surface area (Å²) in [6.07, 6.45) is 1.07. The monoisotopic (exact) mass is 206 g/mol. The number of benzene rings is 1. The van der Waals surface area contributed by atoms with E-state index in [0.717, 1.165) is 0 Å². The van der Waals surface area contributed by atoms with Crippen LogP contribution in [0.1, 0.15) is 18.4 Å². The standard InChI is InChI=1S/C12H11FO2/c1-15-11-6-5-10(14)12(11)8-3-2-4-9(13)7-8/h2-4,7H,5-6H2,1H3. The molecule has 0 bridgehead atoms. The van der Waals surface area contributed by atoms with Crippen molar-refractivity contribution in [1.29, 1.82) is 0 Å². The fourth-order valence-corrected chi connectivity index (χ4v) is 1.80. The molecule has 15 heavy (non-hydrogen) atoms. The summed E-state index contributed by atoms with van der Waals surface area (Å²) in [5.41, 5.74) is 1.13. The Morgan fingerprint density at radius 3 is 2.80 bits per heavy atom. The van der Waals surface area contributed by atoms with Gasteiger partial charge in [0.2, 0.25) is 0 Å². The van der Waals surface area contributed by atoms with Crippen molar-refractivity contribution < 1.29 is 13.9 Å². The lowest BCUT2D eigenvalue weighted by atomic mass is 10.0. The first-order chi connectivity index (χ1) is 7.22. The number of allylic oxidation sites excluding steroid dienone is 2. The number of halogens is 1. The van der Waals surface area contributed by atoms with Gasteiger partial charge in [0.15, 0.2) is 5.78 Å². The van der Waals surface area contributed by atoms with Crippen LogP contribution in [-0.4, -0.2) is 12.9 Å². The largest absolute Gasteiger partial charge is 0.500 e. The Balaban J connectivity index is 2.49. The van der Waals surface area contributed by atoms with Crippen LogP contribution in [0.4, 0.5) is 4.39 Å². The lowest BCUT2D eigenvalue weighted by Gasteiger charge is -2.05. The highest BCUT2D eigenvalue weighted by molar-refractivity contribution is 6.23. The minimum Gasteiger partial charge on any atom is -0.500 e. The maximum atomic E-state index is 13.0. The van der Waals surface area contributed by atoms with E-state index in [4.69, 9.17) is 4.74 Å². The van der Waals surface area contributed by atoms with E-state index in [-0.39, 0.29) is 11.6 Å². The van der Waals surface area contributed by atoms with E-state index < -0.39 is 0 Å². The molecule has 0 saturated heterocycles. The van der Waals surface area contributed by atoms with Crippen LogP contribution in [0, 0.1) is 5.82 Å². The quantitative estimate of drug-likeness (QED) is 0.743. The predicted octanol–water partition coefficient (Wildman–Crippen LogP) is 2.55. The molecule has 3 heteroatoms. The van der Waals surface area contributed by atoms with Crippen molar-refractivity contribution in [3.05, 3.63) is 41.4 Å². The number of ether oxygens (including phenoxy) is 1. The number of rotatable bonds is 2. The molecule has 0 heterocycles. The van der Waals surface area contributed by atoms with Crippen LogP contribution in [0.25, 0.3) is 5.57 Å². The highest BCUT2D eigenvalue weighted by Gasteiger charge is 2.25. The molecule has 1 aromatic carbocycles. The molecule has 0 unspecified atom stereocenters. The van der Waals surface area contributed by atoms with Gasteiger partial charge >= 0.3 is 0 Å². The molecule has 2 nitrogen and oxygen atoms in total. The minimum atomic E-state index is -0.338. The normalized spacial score (nSPS) is 16.0. The number of ketones is 1. The number of hydrogen-bond acceptors (Lipinski definition) is 2. The van der Waals surface area contributed by atoms with Crippen LogP contribution in [0.2, 0.25) is 0 Å². The number of Topliss-reactive ketones (excluding diaryl/α,β-unsaturated/α-hetero) is 1. The van der Waals surface area contributed by atoms with Gasteiger partial charge in [-0.2, -0.15) is 0 Å². The highest BCUT2D eigenvalue weighted by Crippen LogP contribution is 2.31. The first kappa shape index (κ1) is 9.90. The maximum absolute atomic E-state index is 13.0. The van der Waals surface area contributed by atoms with Gasteiger partial charge in [0, 0.05) is 12.8 Å². The Morgan fingerprint density at radius 2 is 2.13 bits per heavy atom. The molecule has 0 saturated carbocycles. The Hall–Kier alpha value is -1.64. The smallest absolute Gasteiger partial charge is 0.167 e. The SMILES string of the molecule is COC1=C(c2cccc(F)c2)C(=O)CC1. The average Bonchev–Trinajstić information content (AvgIpc) is 2.59. The summed E-state index contributed by atoms with van der Waals surface area (Å²) in [6, 6.07) is 6.03. The van der Waals surface area contributed by atoms with E-state index in [2.05, 4.69) is 0 Å². The van der Waals surface area contributed by atoms with Crippen molar-refractivity contribution in [3.63, 3.8) is 0 Å². The Bertz CT molecular complexity index is 435. The number of carbonyl (C=O) groups excluding carboxylic acids is 1. The van der Waals surface area contributed by atoms with Crippen molar-refractivity contribution in [2.45, 2.75) is 12.8 Å². The number of methoxy groups -OCH3 is 1. The highest BCUT2D eigenvalue weighted by atomic mass is 19.1. The summed E-state index contributed by atoms with van der Waals surface area (Å²) in [7, 11) is 1.53. The van der Waals surface area contributed by atoms with Crippen molar-refractivity contribution in [1.82, 2.24) is 0 Å². The molecule has 0 radical (unpaired) electrons. The van der Waals surface area contributed by atoms with E-state index in [9.17, 15) is 9.18 Å². The van der Waals surface area contributed by atoms with E-state index in [0.29, 0.717) is 29.7 Å². The van der Waals surface area contributed by atoms with Gasteiger partial charge in [-0.3, -0.25) is 4.79 Å². The topological polar surface area (TPSA) is 26.3 Å². The minimum absolute atomic E-state index is 0.0254. The first-order valence-corrected chi connectivity index (χ1v) is 4.78. The number of carbonyl (C=O) groups is 1. The van der Waals surface area contributed by atoms with Crippen molar-refractivity contribution >= 4 is 11.4 Å². The van der Waals surface area contributed by atoms with Gasteiger partial charge in [0.05, 0.1) is 12.7 Å². The molecular formula is C12H11FO2. The van der Waals surface area contributed by atoms with E-state index in [1.165, 1.54) is 19.2 Å². The molecule has 0 aromatic heterocycles. The lowest BCUT2D eigenvalue weighted by Crippen LogP contribution is -1.97. The summed E-state index contributed by atoms with van der Waals surface area (Å²) >= 11 is 0. The second kappa shape index (κ2) is 3.85. The van der Waals surface area contributed by atoms with Gasteiger partial charge in [0.25, 0.3) is 0 Å². The summed E-state index contributed by atoms with van der Waals surface area (Å²) in [5, 5.41) is 0. The number of hydrogen-bond donors (Lipinski definition) is 0. The van der Waals surface area contributed by atoms with E-state index in [1.807, 2.05) is 0 Å². The zero-order valence-electron chi connectivity index (χ0n) is 8.42. The summed E-state index contributed by atoms with van der Waals surface area (Å²) in [6.45, 7) is 0. The van der Waals surface area contributed by atoms with Crippen LogP contribution in [-0.2, 0) is 9.53 Å². The van der Waals surface area contributed by atoms with Gasteiger partial charge in [-0.25, -0.2) is 4.39 Å². The van der Waals surface area contributed by atoms with Gasteiger partial charge < -0.3 is 4.74 Å². The third-order valence-electron chi connectivity index (χ3n) is 2.50. The second-order valence-corrected chi connectivity index (χ2v) is 3.44. The summed E-state index contributed by atoms with van der Waals surface area (Å²) in [5.74, 6) is 0.346. The van der Waals surface area contributed by atoms with Crippen LogP contribution in [0.5, 0.6) is 0 Å². The molecule has 0 fully saturated rings. The molecule has 2 rings (SSSR count). The fourth-order valence-electron chi connectivity index (χ4n) is 1.80. The van der Waals surface area contributed by atoms with Gasteiger partial charge in [0.1, 0.15) is 11.6 Å². The molecular weight excluding hydrogens is 195 g/mol. The zero-order valence-corrected chi connectivity index (χ0v) is 8.42. The Morgan fingerprint density at radius 1 is 1.33 bits per heavy atom. The lowest BCUT2D eigenvalue weighted by molar-refractivity contribution is -0.113. The molecule has 1 aromatic rings. The molecule has 1 aliphatic carbocycles. The third-order valence-corrected chi connectivity index (χ3v) is 2.50. The van der Waals surface area contributed by atoms with Gasteiger partial charge in [-0.15, -0.1) is 0 Å². The summed E-state index contributed by atoms with van der Waals surface area (Å²) in [4.78, 5) is 11.6. The van der Waals surface area contributed by atoms with Crippen LogP contribution < -0.4 is 0 Å².